The van der Waals surface area contributed by atoms with Crippen LogP contribution in [0.2, 0.25) is 0 Å². The van der Waals surface area contributed by atoms with Gasteiger partial charge in [0.15, 0.2) is 0 Å². The SMILES string of the molecule is CC(C)CNC(=O)[C@H](C)N(Cc1ccc(Br)cc1)C(=O)CN(c1cccc2ccccc12)S(C)(=O)=O. The van der Waals surface area contributed by atoms with Gasteiger partial charge in [0.2, 0.25) is 21.8 Å². The zero-order chi connectivity index (χ0) is 26.5. The monoisotopic (exact) mass is 573 g/mol. The first-order chi connectivity index (χ1) is 17.0. The second kappa shape index (κ2) is 11.9. The number of fused-ring (bicyclic) bond motifs is 1. The van der Waals surface area contributed by atoms with E-state index in [4.69, 9.17) is 0 Å². The Labute approximate surface area is 221 Å². The molecule has 0 aliphatic carbocycles. The number of rotatable bonds is 10. The Bertz CT molecular complexity index is 1320. The molecule has 3 aromatic carbocycles. The van der Waals surface area contributed by atoms with E-state index >= 15 is 0 Å². The van der Waals surface area contributed by atoms with Crippen LogP contribution in [0.4, 0.5) is 5.69 Å². The predicted molar refractivity (Wildman–Crippen MR) is 148 cm³/mol. The Hall–Kier alpha value is -2.91. The number of carbonyl (C=O) groups is 2. The molecule has 2 amide bonds. The fourth-order valence-corrected chi connectivity index (χ4v) is 4.97. The Kier molecular flexibility index (Phi) is 9.13. The van der Waals surface area contributed by atoms with Crippen LogP contribution < -0.4 is 9.62 Å². The maximum absolute atomic E-state index is 13.7. The highest BCUT2D eigenvalue weighted by molar-refractivity contribution is 9.10. The van der Waals surface area contributed by atoms with Gasteiger partial charge in [-0.3, -0.25) is 13.9 Å². The fraction of sp³-hybridized carbons (Fsp3) is 0.333. The summed E-state index contributed by atoms with van der Waals surface area (Å²) in [5.41, 5.74) is 1.25. The Morgan fingerprint density at radius 3 is 2.22 bits per heavy atom. The third kappa shape index (κ3) is 7.07. The molecule has 0 saturated heterocycles. The number of hydrogen-bond acceptors (Lipinski definition) is 4. The first-order valence-corrected chi connectivity index (χ1v) is 14.4. The summed E-state index contributed by atoms with van der Waals surface area (Å²) in [5, 5.41) is 4.47. The summed E-state index contributed by atoms with van der Waals surface area (Å²) in [6, 6.07) is 19.4. The molecule has 9 heteroatoms. The summed E-state index contributed by atoms with van der Waals surface area (Å²) in [5.74, 6) is -0.502. The van der Waals surface area contributed by atoms with Crippen molar-refractivity contribution >= 4 is 54.2 Å². The number of sulfonamides is 1. The molecule has 0 aliphatic heterocycles. The van der Waals surface area contributed by atoms with Crippen molar-refractivity contribution in [1.29, 1.82) is 0 Å². The number of nitrogens with one attached hydrogen (secondary N) is 1. The predicted octanol–water partition coefficient (Wildman–Crippen LogP) is 4.56. The molecule has 0 aliphatic rings. The lowest BCUT2D eigenvalue weighted by atomic mass is 10.1. The van der Waals surface area contributed by atoms with E-state index in [-0.39, 0.29) is 18.4 Å². The van der Waals surface area contributed by atoms with E-state index in [0.29, 0.717) is 12.2 Å². The average Bonchev–Trinajstić information content (AvgIpc) is 2.84. The van der Waals surface area contributed by atoms with Gasteiger partial charge in [-0.1, -0.05) is 78.3 Å². The molecule has 0 bridgehead atoms. The van der Waals surface area contributed by atoms with Gasteiger partial charge in [0.1, 0.15) is 12.6 Å². The highest BCUT2D eigenvalue weighted by atomic mass is 79.9. The molecule has 0 aromatic heterocycles. The number of carbonyl (C=O) groups excluding carboxylic acids is 2. The lowest BCUT2D eigenvalue weighted by Crippen LogP contribution is -2.51. The van der Waals surface area contributed by atoms with Gasteiger partial charge in [-0.15, -0.1) is 0 Å². The van der Waals surface area contributed by atoms with E-state index in [1.807, 2.05) is 68.4 Å². The van der Waals surface area contributed by atoms with Gasteiger partial charge in [0.25, 0.3) is 0 Å². The average molecular weight is 575 g/mol. The standard InChI is InChI=1S/C27H32BrN3O4S/c1-19(2)16-29-27(33)20(3)30(17-21-12-14-23(28)15-13-21)26(32)18-31(36(4,34)35)25-11-7-9-22-8-5-6-10-24(22)25/h5-15,19-20H,16-18H2,1-4H3,(H,29,33)/t20-/m0/s1. The van der Waals surface area contributed by atoms with Crippen molar-refractivity contribution in [2.24, 2.45) is 5.92 Å². The number of nitrogens with zero attached hydrogens (tertiary/aromatic N) is 2. The fourth-order valence-electron chi connectivity index (χ4n) is 3.84. The van der Waals surface area contributed by atoms with E-state index in [2.05, 4.69) is 21.2 Å². The molecule has 0 saturated carbocycles. The smallest absolute Gasteiger partial charge is 0.244 e. The van der Waals surface area contributed by atoms with E-state index in [0.717, 1.165) is 31.4 Å². The maximum Gasteiger partial charge on any atom is 0.244 e. The molecule has 3 aromatic rings. The van der Waals surface area contributed by atoms with Crippen LogP contribution in [0.5, 0.6) is 0 Å². The molecule has 1 N–H and O–H groups in total. The minimum absolute atomic E-state index is 0.162. The second-order valence-electron chi connectivity index (χ2n) is 9.23. The van der Waals surface area contributed by atoms with Crippen molar-refractivity contribution in [3.05, 3.63) is 76.8 Å². The molecule has 0 heterocycles. The van der Waals surface area contributed by atoms with Crippen LogP contribution in [0.3, 0.4) is 0 Å². The number of anilines is 1. The van der Waals surface area contributed by atoms with Gasteiger partial charge in [0.05, 0.1) is 11.9 Å². The van der Waals surface area contributed by atoms with E-state index in [1.165, 1.54) is 4.90 Å². The van der Waals surface area contributed by atoms with E-state index < -0.39 is 28.5 Å². The zero-order valence-corrected chi connectivity index (χ0v) is 23.3. The van der Waals surface area contributed by atoms with Crippen molar-refractivity contribution in [3.8, 4) is 0 Å². The first kappa shape index (κ1) is 27.7. The minimum Gasteiger partial charge on any atom is -0.354 e. The first-order valence-electron chi connectivity index (χ1n) is 11.7. The second-order valence-corrected chi connectivity index (χ2v) is 12.1. The Morgan fingerprint density at radius 2 is 1.58 bits per heavy atom. The number of amides is 2. The number of hydrogen-bond donors (Lipinski definition) is 1. The van der Waals surface area contributed by atoms with Gasteiger partial charge in [0, 0.05) is 22.9 Å². The van der Waals surface area contributed by atoms with Crippen molar-refractivity contribution in [1.82, 2.24) is 10.2 Å². The normalized spacial score (nSPS) is 12.4. The Balaban J connectivity index is 1.96. The molecule has 0 spiro atoms. The summed E-state index contributed by atoms with van der Waals surface area (Å²) in [4.78, 5) is 28.0. The molecule has 0 fully saturated rings. The quantitative estimate of drug-likeness (QED) is 0.385. The summed E-state index contributed by atoms with van der Waals surface area (Å²) >= 11 is 3.41. The van der Waals surface area contributed by atoms with Crippen molar-refractivity contribution in [2.75, 3.05) is 23.7 Å². The third-order valence-corrected chi connectivity index (χ3v) is 7.49. The summed E-state index contributed by atoms with van der Waals surface area (Å²) in [6.07, 6.45) is 1.08. The van der Waals surface area contributed by atoms with Crippen molar-refractivity contribution < 1.29 is 18.0 Å². The van der Waals surface area contributed by atoms with E-state index in [9.17, 15) is 18.0 Å². The van der Waals surface area contributed by atoms with Crippen LogP contribution in [-0.4, -0.2) is 50.5 Å². The van der Waals surface area contributed by atoms with Gasteiger partial charge in [-0.2, -0.15) is 0 Å². The van der Waals surface area contributed by atoms with Gasteiger partial charge >= 0.3 is 0 Å². The molecule has 3 rings (SSSR count). The molecular formula is C27H32BrN3O4S. The number of halogens is 1. The highest BCUT2D eigenvalue weighted by Gasteiger charge is 2.30. The minimum atomic E-state index is -3.80. The molecule has 0 radical (unpaired) electrons. The third-order valence-electron chi connectivity index (χ3n) is 5.83. The van der Waals surface area contributed by atoms with Crippen LogP contribution in [0.25, 0.3) is 10.8 Å². The molecule has 1 atom stereocenters. The maximum atomic E-state index is 13.7. The molecule has 7 nitrogen and oxygen atoms in total. The van der Waals surface area contributed by atoms with Gasteiger partial charge < -0.3 is 10.2 Å². The highest BCUT2D eigenvalue weighted by Crippen LogP contribution is 2.28. The zero-order valence-electron chi connectivity index (χ0n) is 20.9. The van der Waals surface area contributed by atoms with Crippen LogP contribution in [-0.2, 0) is 26.2 Å². The lowest BCUT2D eigenvalue weighted by molar-refractivity contribution is -0.139. The largest absolute Gasteiger partial charge is 0.354 e. The molecule has 0 unspecified atom stereocenters. The molecule has 36 heavy (non-hydrogen) atoms. The summed E-state index contributed by atoms with van der Waals surface area (Å²) < 4.78 is 27.8. The Morgan fingerprint density at radius 1 is 0.944 bits per heavy atom. The van der Waals surface area contributed by atoms with Crippen LogP contribution >= 0.6 is 15.9 Å². The molecular weight excluding hydrogens is 542 g/mol. The van der Waals surface area contributed by atoms with Gasteiger partial charge in [-0.05, 0) is 42.0 Å². The van der Waals surface area contributed by atoms with Crippen LogP contribution in [0, 0.1) is 5.92 Å². The summed E-state index contributed by atoms with van der Waals surface area (Å²) in [6.45, 7) is 5.86. The van der Waals surface area contributed by atoms with Crippen molar-refractivity contribution in [2.45, 2.75) is 33.4 Å². The summed E-state index contributed by atoms with van der Waals surface area (Å²) in [7, 11) is -3.80. The topological polar surface area (TPSA) is 86.8 Å². The van der Waals surface area contributed by atoms with Crippen LogP contribution in [0.1, 0.15) is 26.3 Å². The van der Waals surface area contributed by atoms with Crippen LogP contribution in [0.15, 0.2) is 71.2 Å². The van der Waals surface area contributed by atoms with Crippen molar-refractivity contribution in [3.63, 3.8) is 0 Å². The molecule has 192 valence electrons. The van der Waals surface area contributed by atoms with Gasteiger partial charge in [-0.25, -0.2) is 8.42 Å². The number of benzene rings is 3. The van der Waals surface area contributed by atoms with E-state index in [1.54, 1.807) is 19.1 Å². The lowest BCUT2D eigenvalue weighted by Gasteiger charge is -2.32.